The highest BCUT2D eigenvalue weighted by Gasteiger charge is 2.30. The lowest BCUT2D eigenvalue weighted by Gasteiger charge is -2.15. The molecule has 1 saturated heterocycles. The average molecular weight is 262 g/mol. The van der Waals surface area contributed by atoms with Gasteiger partial charge >= 0.3 is 6.09 Å². The maximum atomic E-state index is 11.7. The quantitative estimate of drug-likeness (QED) is 0.786. The number of hydrogen-bond donors (Lipinski definition) is 0. The van der Waals surface area contributed by atoms with Gasteiger partial charge in [0, 0.05) is 13.0 Å². The fourth-order valence-electron chi connectivity index (χ4n) is 2.32. The third-order valence-corrected chi connectivity index (χ3v) is 3.29. The molecule has 0 saturated carbocycles. The number of cyclic esters (lactones) is 1. The molecule has 0 radical (unpaired) electrons. The monoisotopic (exact) mass is 262 g/mol. The van der Waals surface area contributed by atoms with Gasteiger partial charge < -0.3 is 14.5 Å². The molecule has 0 spiro atoms. The molecule has 4 heteroatoms. The van der Waals surface area contributed by atoms with Crippen LogP contribution in [-0.4, -0.2) is 55.7 Å². The Morgan fingerprint density at radius 3 is 2.74 bits per heavy atom. The molecule has 1 unspecified atom stereocenters. The van der Waals surface area contributed by atoms with Gasteiger partial charge in [-0.15, -0.1) is 0 Å². The van der Waals surface area contributed by atoms with Crippen molar-refractivity contribution in [2.45, 2.75) is 18.9 Å². The Morgan fingerprint density at radius 2 is 2.05 bits per heavy atom. The Kier molecular flexibility index (Phi) is 4.80. The first-order valence-corrected chi connectivity index (χ1v) is 6.79. The number of carbonyl (C=O) groups is 1. The normalized spacial score (nSPS) is 19.0. The number of amides is 1. The summed E-state index contributed by atoms with van der Waals surface area (Å²) in [6.07, 6.45) is 1.62. The van der Waals surface area contributed by atoms with Gasteiger partial charge in [-0.25, -0.2) is 4.79 Å². The van der Waals surface area contributed by atoms with Gasteiger partial charge in [0.05, 0.1) is 6.54 Å². The molecule has 1 aliphatic heterocycles. The molecule has 1 fully saturated rings. The molecule has 0 bridgehead atoms. The summed E-state index contributed by atoms with van der Waals surface area (Å²) in [6, 6.07) is 10.2. The minimum atomic E-state index is -0.167. The van der Waals surface area contributed by atoms with E-state index in [1.807, 2.05) is 37.2 Å². The van der Waals surface area contributed by atoms with Crippen molar-refractivity contribution in [3.8, 4) is 0 Å². The van der Waals surface area contributed by atoms with E-state index < -0.39 is 0 Å². The third kappa shape index (κ3) is 4.24. The van der Waals surface area contributed by atoms with Gasteiger partial charge in [0.1, 0.15) is 6.10 Å². The fraction of sp³-hybridized carbons (Fsp3) is 0.533. The Hall–Kier alpha value is -1.55. The Balaban J connectivity index is 1.79. The van der Waals surface area contributed by atoms with Crippen LogP contribution in [0.15, 0.2) is 30.3 Å². The van der Waals surface area contributed by atoms with Gasteiger partial charge in [0.15, 0.2) is 0 Å². The number of carbonyl (C=O) groups excluding carboxylic acids is 1. The first-order chi connectivity index (χ1) is 9.15. The van der Waals surface area contributed by atoms with Crippen molar-refractivity contribution < 1.29 is 9.53 Å². The first kappa shape index (κ1) is 13.9. The van der Waals surface area contributed by atoms with E-state index in [1.54, 1.807) is 0 Å². The molecule has 1 aromatic rings. The van der Waals surface area contributed by atoms with Crippen LogP contribution in [0.4, 0.5) is 4.79 Å². The molecule has 2 rings (SSSR count). The highest BCUT2D eigenvalue weighted by molar-refractivity contribution is 5.69. The molecule has 1 aromatic carbocycles. The molecule has 104 valence electrons. The van der Waals surface area contributed by atoms with Crippen molar-refractivity contribution in [3.63, 3.8) is 0 Å². The van der Waals surface area contributed by atoms with E-state index in [9.17, 15) is 4.79 Å². The van der Waals surface area contributed by atoms with Crippen LogP contribution in [-0.2, 0) is 11.2 Å². The van der Waals surface area contributed by atoms with Crippen LogP contribution >= 0.6 is 0 Å². The number of hydrogen-bond acceptors (Lipinski definition) is 3. The number of benzene rings is 1. The molecule has 1 aliphatic rings. The van der Waals surface area contributed by atoms with Gasteiger partial charge in [-0.2, -0.15) is 0 Å². The summed E-state index contributed by atoms with van der Waals surface area (Å²) in [5.41, 5.74) is 1.22. The van der Waals surface area contributed by atoms with Crippen molar-refractivity contribution in [3.05, 3.63) is 35.9 Å². The van der Waals surface area contributed by atoms with E-state index in [-0.39, 0.29) is 12.2 Å². The standard InChI is InChI=1S/C15H22N2O2/c1-16(2)9-6-10-17-12-14(19-15(17)18)11-13-7-4-3-5-8-13/h3-5,7-8,14H,6,9-12H2,1-2H3. The average Bonchev–Trinajstić information content (AvgIpc) is 2.70. The molecular weight excluding hydrogens is 240 g/mol. The van der Waals surface area contributed by atoms with Crippen LogP contribution in [0.3, 0.4) is 0 Å². The molecule has 0 N–H and O–H groups in total. The van der Waals surface area contributed by atoms with Crippen molar-refractivity contribution in [1.82, 2.24) is 9.80 Å². The minimum absolute atomic E-state index is 0.00532. The summed E-state index contributed by atoms with van der Waals surface area (Å²) < 4.78 is 5.41. The second-order valence-corrected chi connectivity index (χ2v) is 5.30. The zero-order chi connectivity index (χ0) is 13.7. The van der Waals surface area contributed by atoms with E-state index in [1.165, 1.54) is 5.56 Å². The lowest BCUT2D eigenvalue weighted by molar-refractivity contribution is 0.132. The smallest absolute Gasteiger partial charge is 0.410 e. The Morgan fingerprint density at radius 1 is 1.32 bits per heavy atom. The summed E-state index contributed by atoms with van der Waals surface area (Å²) >= 11 is 0. The number of rotatable bonds is 6. The SMILES string of the molecule is CN(C)CCCN1CC(Cc2ccccc2)OC1=O. The molecular formula is C15H22N2O2. The molecule has 4 nitrogen and oxygen atoms in total. The van der Waals surface area contributed by atoms with Gasteiger partial charge in [-0.3, -0.25) is 0 Å². The minimum Gasteiger partial charge on any atom is -0.444 e. The van der Waals surface area contributed by atoms with Crippen molar-refractivity contribution in [2.24, 2.45) is 0 Å². The first-order valence-electron chi connectivity index (χ1n) is 6.79. The second-order valence-electron chi connectivity index (χ2n) is 5.30. The predicted octanol–water partition coefficient (Wildman–Crippen LogP) is 2.00. The van der Waals surface area contributed by atoms with Gasteiger partial charge in [0.25, 0.3) is 0 Å². The Bertz CT molecular complexity index is 406. The summed E-state index contributed by atoms with van der Waals surface area (Å²) in [5, 5.41) is 0. The zero-order valence-corrected chi connectivity index (χ0v) is 11.7. The van der Waals surface area contributed by atoms with E-state index >= 15 is 0 Å². The topological polar surface area (TPSA) is 32.8 Å². The maximum absolute atomic E-state index is 11.7. The van der Waals surface area contributed by atoms with Crippen LogP contribution in [0, 0.1) is 0 Å². The van der Waals surface area contributed by atoms with Crippen LogP contribution in [0.1, 0.15) is 12.0 Å². The van der Waals surface area contributed by atoms with Crippen LogP contribution in [0.25, 0.3) is 0 Å². The van der Waals surface area contributed by atoms with Gasteiger partial charge in [-0.05, 0) is 32.6 Å². The molecule has 1 heterocycles. The predicted molar refractivity (Wildman–Crippen MR) is 75.2 cm³/mol. The zero-order valence-electron chi connectivity index (χ0n) is 11.7. The highest BCUT2D eigenvalue weighted by Crippen LogP contribution is 2.16. The summed E-state index contributed by atoms with van der Waals surface area (Å²) in [4.78, 5) is 15.7. The maximum Gasteiger partial charge on any atom is 0.410 e. The van der Waals surface area contributed by atoms with Crippen molar-refractivity contribution in [1.29, 1.82) is 0 Å². The number of nitrogens with zero attached hydrogens (tertiary/aromatic N) is 2. The van der Waals surface area contributed by atoms with E-state index in [0.29, 0.717) is 6.54 Å². The molecule has 0 aromatic heterocycles. The molecule has 1 atom stereocenters. The highest BCUT2D eigenvalue weighted by atomic mass is 16.6. The van der Waals surface area contributed by atoms with E-state index in [2.05, 4.69) is 17.0 Å². The lowest BCUT2D eigenvalue weighted by Crippen LogP contribution is -2.29. The molecule has 1 amide bonds. The third-order valence-electron chi connectivity index (χ3n) is 3.29. The summed E-state index contributed by atoms with van der Waals surface area (Å²) in [5.74, 6) is 0. The molecule has 0 aliphatic carbocycles. The van der Waals surface area contributed by atoms with Crippen LogP contribution in [0.5, 0.6) is 0 Å². The lowest BCUT2D eigenvalue weighted by atomic mass is 10.1. The van der Waals surface area contributed by atoms with Gasteiger partial charge in [0.2, 0.25) is 0 Å². The van der Waals surface area contributed by atoms with Crippen LogP contribution < -0.4 is 0 Å². The Labute approximate surface area is 115 Å². The molecule has 19 heavy (non-hydrogen) atoms. The largest absolute Gasteiger partial charge is 0.444 e. The summed E-state index contributed by atoms with van der Waals surface area (Å²) in [6.45, 7) is 2.48. The number of ether oxygens (including phenoxy) is 1. The second kappa shape index (κ2) is 6.57. The summed E-state index contributed by atoms with van der Waals surface area (Å²) in [7, 11) is 4.08. The van der Waals surface area contributed by atoms with Crippen molar-refractivity contribution >= 4 is 6.09 Å². The van der Waals surface area contributed by atoms with E-state index in [4.69, 9.17) is 4.74 Å². The van der Waals surface area contributed by atoms with Crippen molar-refractivity contribution in [2.75, 3.05) is 33.7 Å². The van der Waals surface area contributed by atoms with Gasteiger partial charge in [-0.1, -0.05) is 30.3 Å². The van der Waals surface area contributed by atoms with E-state index in [0.717, 1.165) is 25.9 Å². The fourth-order valence-corrected chi connectivity index (χ4v) is 2.32. The van der Waals surface area contributed by atoms with Crippen LogP contribution in [0.2, 0.25) is 0 Å².